The Bertz CT molecular complexity index is 1110. The number of amides is 1. The van der Waals surface area contributed by atoms with Crippen molar-refractivity contribution < 1.29 is 13.6 Å². The molecular formula is C27H31ClF2N4O. The number of nitrogens with zero attached hydrogens (tertiary/aromatic N) is 3. The Hall–Kier alpha value is -2.77. The van der Waals surface area contributed by atoms with Gasteiger partial charge in [0.1, 0.15) is 0 Å². The maximum Gasteiger partial charge on any atom is 0.284 e. The van der Waals surface area contributed by atoms with Crippen LogP contribution in [0.5, 0.6) is 0 Å². The van der Waals surface area contributed by atoms with Crippen LogP contribution >= 0.6 is 11.6 Å². The minimum Gasteiger partial charge on any atom is -0.397 e. The number of alkyl halides is 2. The Balaban J connectivity index is 1.52. The van der Waals surface area contributed by atoms with Gasteiger partial charge in [0.2, 0.25) is 0 Å². The number of likely N-dealkylation sites (tertiary alicyclic amines) is 1. The van der Waals surface area contributed by atoms with Crippen molar-refractivity contribution in [2.24, 2.45) is 10.7 Å². The molecule has 0 bridgehead atoms. The molecule has 35 heavy (non-hydrogen) atoms. The van der Waals surface area contributed by atoms with Gasteiger partial charge < -0.3 is 15.5 Å². The maximum absolute atomic E-state index is 13.8. The van der Waals surface area contributed by atoms with Gasteiger partial charge in [-0.2, -0.15) is 0 Å². The van der Waals surface area contributed by atoms with Crippen molar-refractivity contribution in [1.82, 2.24) is 9.80 Å². The molecule has 1 aliphatic heterocycles. The Morgan fingerprint density at radius 2 is 1.63 bits per heavy atom. The molecule has 0 atom stereocenters. The maximum atomic E-state index is 13.8. The quantitative estimate of drug-likeness (QED) is 0.499. The van der Waals surface area contributed by atoms with E-state index in [2.05, 4.69) is 16.9 Å². The van der Waals surface area contributed by atoms with E-state index >= 15 is 0 Å². The molecule has 1 amide bonds. The topological polar surface area (TPSA) is 61.9 Å². The first-order valence-corrected chi connectivity index (χ1v) is 12.3. The molecule has 2 fully saturated rings. The van der Waals surface area contributed by atoms with E-state index in [1.165, 1.54) is 12.8 Å². The number of aliphatic imine (C=N–C) groups is 1. The lowest BCUT2D eigenvalue weighted by Crippen LogP contribution is -2.46. The summed E-state index contributed by atoms with van der Waals surface area (Å²) in [5.74, 6) is -3.22. The highest BCUT2D eigenvalue weighted by Crippen LogP contribution is 2.31. The molecule has 2 aromatic rings. The molecular weight excluding hydrogens is 470 g/mol. The molecule has 0 radical (unpaired) electrons. The predicted molar refractivity (Wildman–Crippen MR) is 137 cm³/mol. The minimum absolute atomic E-state index is 0.0242. The normalized spacial score (nSPS) is 18.3. The fraction of sp³-hybridized carbons (Fsp3) is 0.407. The van der Waals surface area contributed by atoms with Gasteiger partial charge in [0.15, 0.2) is 0 Å². The summed E-state index contributed by atoms with van der Waals surface area (Å²) in [4.78, 5) is 21.9. The fourth-order valence-corrected chi connectivity index (χ4v) is 4.53. The third-order valence-electron chi connectivity index (χ3n) is 6.77. The van der Waals surface area contributed by atoms with Crippen molar-refractivity contribution >= 4 is 28.9 Å². The third-order valence-corrected chi connectivity index (χ3v) is 7.09. The molecule has 0 aromatic heterocycles. The molecule has 1 aliphatic carbocycles. The molecule has 5 nitrogen and oxygen atoms in total. The number of nitrogens with two attached hydrogens (primary N) is 1. The first-order valence-electron chi connectivity index (χ1n) is 11.9. The number of carbonyl (C=O) groups excluding carboxylic acids is 1. The van der Waals surface area contributed by atoms with Gasteiger partial charge in [0.25, 0.3) is 11.8 Å². The highest BCUT2D eigenvalue weighted by molar-refractivity contribution is 6.33. The van der Waals surface area contributed by atoms with Crippen LogP contribution in [0.1, 0.15) is 48.5 Å². The van der Waals surface area contributed by atoms with Gasteiger partial charge in [-0.25, -0.2) is 13.8 Å². The highest BCUT2D eigenvalue weighted by atomic mass is 35.5. The number of hydrogen-bond acceptors (Lipinski definition) is 4. The number of carbonyl (C=O) groups is 1. The second kappa shape index (κ2) is 10.5. The van der Waals surface area contributed by atoms with Crippen LogP contribution in [-0.2, 0) is 0 Å². The molecule has 0 spiro atoms. The second-order valence-corrected chi connectivity index (χ2v) is 9.84. The largest absolute Gasteiger partial charge is 0.397 e. The highest BCUT2D eigenvalue weighted by Gasteiger charge is 2.33. The van der Waals surface area contributed by atoms with Crippen molar-refractivity contribution in [2.45, 2.75) is 50.6 Å². The first-order chi connectivity index (χ1) is 16.6. The number of para-hydroxylation sites is 1. The Morgan fingerprint density at radius 1 is 1.06 bits per heavy atom. The summed E-state index contributed by atoms with van der Waals surface area (Å²) < 4.78 is 27.6. The van der Waals surface area contributed by atoms with Gasteiger partial charge >= 0.3 is 0 Å². The van der Waals surface area contributed by atoms with Crippen LogP contribution in [0.25, 0.3) is 0 Å². The lowest BCUT2D eigenvalue weighted by atomic mass is 10.0. The standard InChI is InChI=1S/C27H31ClF2N4O/c1-27(29,30)25(31)17-24(32-23-6-4-3-5-22(23)28)18-7-9-19(10-8-18)26(35)34-15-13-21(14-16-34)33(2)20-11-12-20/h3-10,17,20-21H,11-16,31H2,1-2H3. The molecule has 186 valence electrons. The lowest BCUT2D eigenvalue weighted by Gasteiger charge is -2.37. The molecule has 1 heterocycles. The average Bonchev–Trinajstić information content (AvgIpc) is 3.69. The van der Waals surface area contributed by atoms with Crippen molar-refractivity contribution in [3.8, 4) is 0 Å². The van der Waals surface area contributed by atoms with E-state index in [0.717, 1.165) is 38.9 Å². The van der Waals surface area contributed by atoms with Crippen LogP contribution in [-0.4, -0.2) is 59.6 Å². The zero-order chi connectivity index (χ0) is 25.2. The SMILES string of the molecule is CN(C1CC1)C1CCN(C(=O)c2ccc(C(C=C(N)C(C)(F)F)=Nc3ccccc3Cl)cc2)CC1. The molecule has 1 saturated heterocycles. The summed E-state index contributed by atoms with van der Waals surface area (Å²) in [6.45, 7) is 2.19. The van der Waals surface area contributed by atoms with E-state index in [1.54, 1.807) is 48.5 Å². The molecule has 4 rings (SSSR count). The van der Waals surface area contributed by atoms with E-state index in [-0.39, 0.29) is 11.6 Å². The molecule has 2 aromatic carbocycles. The van der Waals surface area contributed by atoms with Crippen molar-refractivity contribution in [3.63, 3.8) is 0 Å². The van der Waals surface area contributed by atoms with Crippen LogP contribution in [0.2, 0.25) is 5.02 Å². The average molecular weight is 501 g/mol. The van der Waals surface area contributed by atoms with E-state index in [1.807, 2.05) is 4.90 Å². The molecule has 2 N–H and O–H groups in total. The number of benzene rings is 2. The molecule has 2 aliphatic rings. The van der Waals surface area contributed by atoms with Gasteiger partial charge in [0, 0.05) is 43.2 Å². The zero-order valence-corrected chi connectivity index (χ0v) is 20.8. The van der Waals surface area contributed by atoms with Gasteiger partial charge in [0.05, 0.1) is 22.1 Å². The van der Waals surface area contributed by atoms with E-state index in [4.69, 9.17) is 17.3 Å². The lowest BCUT2D eigenvalue weighted by molar-refractivity contribution is 0.0617. The van der Waals surface area contributed by atoms with E-state index in [0.29, 0.717) is 33.9 Å². The van der Waals surface area contributed by atoms with Crippen LogP contribution in [0.3, 0.4) is 0 Å². The van der Waals surface area contributed by atoms with Crippen molar-refractivity contribution in [1.29, 1.82) is 0 Å². The summed E-state index contributed by atoms with van der Waals surface area (Å²) in [5, 5.41) is 0.391. The number of allylic oxidation sites excluding steroid dienone is 2. The number of piperidine rings is 1. The van der Waals surface area contributed by atoms with Gasteiger partial charge in [-0.05, 0) is 63.1 Å². The van der Waals surface area contributed by atoms with Crippen molar-refractivity contribution in [2.75, 3.05) is 20.1 Å². The zero-order valence-electron chi connectivity index (χ0n) is 20.1. The third kappa shape index (κ3) is 6.27. The second-order valence-electron chi connectivity index (χ2n) is 9.43. The van der Waals surface area contributed by atoms with Crippen LogP contribution in [0, 0.1) is 0 Å². The van der Waals surface area contributed by atoms with Crippen LogP contribution in [0.4, 0.5) is 14.5 Å². The molecule has 0 unspecified atom stereocenters. The fourth-order valence-electron chi connectivity index (χ4n) is 4.35. The van der Waals surface area contributed by atoms with Crippen LogP contribution < -0.4 is 5.73 Å². The first kappa shape index (κ1) is 25.3. The van der Waals surface area contributed by atoms with Gasteiger partial charge in [-0.3, -0.25) is 4.79 Å². The summed E-state index contributed by atoms with van der Waals surface area (Å²) in [7, 11) is 2.19. The van der Waals surface area contributed by atoms with Crippen molar-refractivity contribution in [3.05, 3.63) is 76.5 Å². The molecule has 1 saturated carbocycles. The summed E-state index contributed by atoms with van der Waals surface area (Å²) in [6.07, 6.45) is 5.66. The Labute approximate surface area is 210 Å². The summed E-state index contributed by atoms with van der Waals surface area (Å²) >= 11 is 6.23. The molecule has 8 heteroatoms. The minimum atomic E-state index is -3.20. The van der Waals surface area contributed by atoms with E-state index in [9.17, 15) is 13.6 Å². The summed E-state index contributed by atoms with van der Waals surface area (Å²) in [5.41, 5.74) is 6.82. The Kier molecular flexibility index (Phi) is 7.57. The van der Waals surface area contributed by atoms with Crippen LogP contribution in [0.15, 0.2) is 65.3 Å². The smallest absolute Gasteiger partial charge is 0.284 e. The number of rotatable bonds is 7. The Morgan fingerprint density at radius 3 is 2.20 bits per heavy atom. The van der Waals surface area contributed by atoms with Gasteiger partial charge in [-0.15, -0.1) is 0 Å². The monoisotopic (exact) mass is 500 g/mol. The van der Waals surface area contributed by atoms with E-state index < -0.39 is 11.6 Å². The van der Waals surface area contributed by atoms with Gasteiger partial charge in [-0.1, -0.05) is 35.9 Å². The number of halogens is 3. The number of hydrogen-bond donors (Lipinski definition) is 1. The summed E-state index contributed by atoms with van der Waals surface area (Å²) in [6, 6.07) is 15.0. The predicted octanol–water partition coefficient (Wildman–Crippen LogP) is 5.66.